The molecule has 0 saturated carbocycles. The van der Waals surface area contributed by atoms with Crippen molar-refractivity contribution in [2.24, 2.45) is 17.4 Å². The van der Waals surface area contributed by atoms with Gasteiger partial charge in [0, 0.05) is 13.2 Å². The van der Waals surface area contributed by atoms with Gasteiger partial charge in [-0.3, -0.25) is 4.79 Å². The maximum atomic E-state index is 10.9. The second-order valence-corrected chi connectivity index (χ2v) is 5.62. The molecule has 1 saturated heterocycles. The molecule has 1 amide bonds. The quantitative estimate of drug-likeness (QED) is 0.824. The highest BCUT2D eigenvalue weighted by atomic mass is 16.5. The minimum atomic E-state index is -0.594. The molecule has 20 heavy (non-hydrogen) atoms. The number of carbonyl (C=O) groups is 1. The first-order valence-corrected chi connectivity index (χ1v) is 7.35. The lowest BCUT2D eigenvalue weighted by molar-refractivity contribution is -0.119. The average Bonchev–Trinajstić information content (AvgIpc) is 2.47. The Labute approximate surface area is 120 Å². The molecular formula is C16H24N2O2. The number of rotatable bonds is 6. The van der Waals surface area contributed by atoms with Crippen LogP contribution in [0.4, 0.5) is 0 Å². The van der Waals surface area contributed by atoms with Crippen molar-refractivity contribution in [3.8, 4) is 0 Å². The lowest BCUT2D eigenvalue weighted by atomic mass is 9.92. The van der Waals surface area contributed by atoms with Gasteiger partial charge in [0.15, 0.2) is 0 Å². The van der Waals surface area contributed by atoms with Crippen LogP contribution in [0.25, 0.3) is 0 Å². The van der Waals surface area contributed by atoms with E-state index in [-0.39, 0.29) is 0 Å². The highest BCUT2D eigenvalue weighted by molar-refractivity contribution is 5.79. The van der Waals surface area contributed by atoms with E-state index in [4.69, 9.17) is 16.2 Å². The van der Waals surface area contributed by atoms with Crippen LogP contribution < -0.4 is 11.5 Å². The summed E-state index contributed by atoms with van der Waals surface area (Å²) in [4.78, 5) is 10.9. The zero-order chi connectivity index (χ0) is 14.4. The molecule has 0 spiro atoms. The van der Waals surface area contributed by atoms with Crippen LogP contribution in [-0.4, -0.2) is 25.2 Å². The fraction of sp³-hybridized carbons (Fsp3) is 0.562. The molecule has 0 bridgehead atoms. The molecule has 1 aromatic rings. The van der Waals surface area contributed by atoms with E-state index in [0.717, 1.165) is 31.1 Å². The molecule has 0 aliphatic carbocycles. The largest absolute Gasteiger partial charge is 0.381 e. The maximum Gasteiger partial charge on any atom is 0.234 e. The van der Waals surface area contributed by atoms with E-state index in [1.54, 1.807) is 0 Å². The van der Waals surface area contributed by atoms with E-state index in [9.17, 15) is 4.79 Å². The Hall–Kier alpha value is -1.39. The van der Waals surface area contributed by atoms with Gasteiger partial charge in [0.1, 0.15) is 0 Å². The van der Waals surface area contributed by atoms with Crippen LogP contribution >= 0.6 is 0 Å². The topological polar surface area (TPSA) is 78.3 Å². The molecule has 110 valence electrons. The Bertz CT molecular complexity index is 425. The smallest absolute Gasteiger partial charge is 0.234 e. The monoisotopic (exact) mass is 276 g/mol. The maximum absolute atomic E-state index is 10.9. The van der Waals surface area contributed by atoms with Crippen molar-refractivity contribution in [2.45, 2.75) is 38.1 Å². The molecule has 0 aromatic heterocycles. The summed E-state index contributed by atoms with van der Waals surface area (Å²) in [7, 11) is 0. The minimum Gasteiger partial charge on any atom is -0.381 e. The van der Waals surface area contributed by atoms with Gasteiger partial charge < -0.3 is 16.2 Å². The van der Waals surface area contributed by atoms with Crippen LogP contribution in [0.15, 0.2) is 24.3 Å². The van der Waals surface area contributed by atoms with Gasteiger partial charge in [0.25, 0.3) is 0 Å². The summed E-state index contributed by atoms with van der Waals surface area (Å²) in [5.74, 6) is 0.348. The molecule has 1 aliphatic rings. The number of ether oxygens (including phenoxy) is 1. The van der Waals surface area contributed by atoms with Crippen molar-refractivity contribution in [1.82, 2.24) is 0 Å². The number of benzene rings is 1. The van der Waals surface area contributed by atoms with Gasteiger partial charge in [-0.05, 0) is 49.1 Å². The van der Waals surface area contributed by atoms with Gasteiger partial charge in [-0.25, -0.2) is 0 Å². The van der Waals surface area contributed by atoms with Crippen LogP contribution in [-0.2, 0) is 22.4 Å². The number of carbonyl (C=O) groups excluding carboxylic acids is 1. The highest BCUT2D eigenvalue weighted by Crippen LogP contribution is 2.21. The Morgan fingerprint density at radius 1 is 1.20 bits per heavy atom. The van der Waals surface area contributed by atoms with Crippen LogP contribution in [0.2, 0.25) is 0 Å². The number of hydrogen-bond acceptors (Lipinski definition) is 3. The van der Waals surface area contributed by atoms with Gasteiger partial charge in [-0.2, -0.15) is 0 Å². The predicted molar refractivity (Wildman–Crippen MR) is 79.2 cm³/mol. The van der Waals surface area contributed by atoms with E-state index in [1.807, 2.05) is 12.1 Å². The molecule has 1 aliphatic heterocycles. The number of aryl methyl sites for hydroxylation is 1. The van der Waals surface area contributed by atoms with Crippen molar-refractivity contribution in [2.75, 3.05) is 13.2 Å². The first kappa shape index (κ1) is 15.0. The van der Waals surface area contributed by atoms with Gasteiger partial charge in [-0.15, -0.1) is 0 Å². The standard InChI is InChI=1S/C16H24N2O2/c17-15(16(18)19)11-14-5-3-12(4-6-14)1-2-13-7-9-20-10-8-13/h3-6,13,15H,1-2,7-11,17H2,(H2,18,19)/t15-/m0/s1. The second kappa shape index (κ2) is 7.41. The molecule has 1 fully saturated rings. The van der Waals surface area contributed by atoms with Crippen molar-refractivity contribution in [1.29, 1.82) is 0 Å². The lowest BCUT2D eigenvalue weighted by Gasteiger charge is -2.21. The number of nitrogens with two attached hydrogens (primary N) is 2. The highest BCUT2D eigenvalue weighted by Gasteiger charge is 2.13. The van der Waals surface area contributed by atoms with Crippen LogP contribution in [0.5, 0.6) is 0 Å². The molecule has 4 N–H and O–H groups in total. The summed E-state index contributed by atoms with van der Waals surface area (Å²) in [6.45, 7) is 1.82. The van der Waals surface area contributed by atoms with E-state index in [1.165, 1.54) is 24.8 Å². The SMILES string of the molecule is NC(=O)[C@@H](N)Cc1ccc(CCC2CCOCC2)cc1. The van der Waals surface area contributed by atoms with Crippen molar-refractivity contribution < 1.29 is 9.53 Å². The number of hydrogen-bond donors (Lipinski definition) is 2. The summed E-state index contributed by atoms with van der Waals surface area (Å²) >= 11 is 0. The number of amides is 1. The molecular weight excluding hydrogens is 252 g/mol. The zero-order valence-corrected chi connectivity index (χ0v) is 11.9. The molecule has 2 rings (SSSR count). The molecule has 1 atom stereocenters. The van der Waals surface area contributed by atoms with Gasteiger partial charge in [0.05, 0.1) is 6.04 Å². The Morgan fingerprint density at radius 3 is 2.40 bits per heavy atom. The van der Waals surface area contributed by atoms with Gasteiger partial charge in [-0.1, -0.05) is 24.3 Å². The molecule has 4 nitrogen and oxygen atoms in total. The second-order valence-electron chi connectivity index (χ2n) is 5.62. The summed E-state index contributed by atoms with van der Waals surface area (Å²) in [5, 5.41) is 0. The summed E-state index contributed by atoms with van der Waals surface area (Å²) in [5.41, 5.74) is 13.2. The Balaban J connectivity index is 1.80. The van der Waals surface area contributed by atoms with E-state index in [0.29, 0.717) is 6.42 Å². The van der Waals surface area contributed by atoms with E-state index >= 15 is 0 Å². The molecule has 0 unspecified atom stereocenters. The number of primary amides is 1. The van der Waals surface area contributed by atoms with Crippen molar-refractivity contribution in [3.05, 3.63) is 35.4 Å². The van der Waals surface area contributed by atoms with Gasteiger partial charge in [0.2, 0.25) is 5.91 Å². The van der Waals surface area contributed by atoms with E-state index in [2.05, 4.69) is 12.1 Å². The summed E-state index contributed by atoms with van der Waals surface area (Å²) in [6.07, 6.45) is 5.21. The Kier molecular flexibility index (Phi) is 5.56. The summed E-state index contributed by atoms with van der Waals surface area (Å²) in [6, 6.07) is 7.75. The fourth-order valence-corrected chi connectivity index (χ4v) is 2.60. The third-order valence-electron chi connectivity index (χ3n) is 4.03. The van der Waals surface area contributed by atoms with Gasteiger partial charge >= 0.3 is 0 Å². The lowest BCUT2D eigenvalue weighted by Crippen LogP contribution is -2.38. The van der Waals surface area contributed by atoms with Crippen LogP contribution in [0.3, 0.4) is 0 Å². The normalized spacial score (nSPS) is 17.9. The first-order chi connectivity index (χ1) is 9.65. The third-order valence-corrected chi connectivity index (χ3v) is 4.03. The van der Waals surface area contributed by atoms with Crippen LogP contribution in [0, 0.1) is 5.92 Å². The molecule has 0 radical (unpaired) electrons. The zero-order valence-electron chi connectivity index (χ0n) is 11.9. The van der Waals surface area contributed by atoms with E-state index < -0.39 is 11.9 Å². The molecule has 4 heteroatoms. The summed E-state index contributed by atoms with van der Waals surface area (Å²) < 4.78 is 5.37. The fourth-order valence-electron chi connectivity index (χ4n) is 2.60. The van der Waals surface area contributed by atoms with Crippen molar-refractivity contribution in [3.63, 3.8) is 0 Å². The van der Waals surface area contributed by atoms with Crippen LogP contribution in [0.1, 0.15) is 30.4 Å². The Morgan fingerprint density at radius 2 is 1.80 bits per heavy atom. The predicted octanol–water partition coefficient (Wildman–Crippen LogP) is 1.40. The third kappa shape index (κ3) is 4.62. The first-order valence-electron chi connectivity index (χ1n) is 7.35. The molecule has 1 aromatic carbocycles. The minimum absolute atomic E-state index is 0.450. The average molecular weight is 276 g/mol. The molecule has 1 heterocycles. The van der Waals surface area contributed by atoms with Crippen molar-refractivity contribution >= 4 is 5.91 Å².